The number of ether oxygens (including phenoxy) is 1. The topological polar surface area (TPSA) is 97.6 Å². The van der Waals surface area contributed by atoms with E-state index in [0.29, 0.717) is 45.0 Å². The first-order valence-corrected chi connectivity index (χ1v) is 12.5. The Balaban J connectivity index is 1.71. The molecule has 0 saturated carbocycles. The Labute approximate surface area is 200 Å². The van der Waals surface area contributed by atoms with Gasteiger partial charge in [-0.2, -0.15) is 0 Å². The van der Waals surface area contributed by atoms with E-state index in [0.717, 1.165) is 6.26 Å². The quantitative estimate of drug-likeness (QED) is 0.348. The van der Waals surface area contributed by atoms with Crippen LogP contribution in [0, 0.1) is 5.82 Å². The zero-order valence-electron chi connectivity index (χ0n) is 18.2. The lowest BCUT2D eigenvalue weighted by Gasteiger charge is -2.07. The lowest BCUT2D eigenvalue weighted by atomic mass is 10.0. The molecule has 1 heterocycles. The highest BCUT2D eigenvalue weighted by molar-refractivity contribution is 7.90. The summed E-state index contributed by atoms with van der Waals surface area (Å²) in [6.45, 7) is 0. The monoisotopic (exact) mass is 502 g/mol. The maximum absolute atomic E-state index is 13.1. The van der Waals surface area contributed by atoms with E-state index in [1.54, 1.807) is 36.4 Å². The molecule has 7 nitrogen and oxygen atoms in total. The van der Waals surface area contributed by atoms with Crippen LogP contribution in [0.2, 0.25) is 5.02 Å². The Hall–Kier alpha value is -3.56. The second kappa shape index (κ2) is 9.36. The highest BCUT2D eigenvalue weighted by Crippen LogP contribution is 2.38. The number of furan rings is 1. The van der Waals surface area contributed by atoms with Gasteiger partial charge in [0.1, 0.15) is 34.5 Å². The number of hydrogen-bond donors (Lipinski definition) is 2. The van der Waals surface area contributed by atoms with Crippen molar-refractivity contribution >= 4 is 44.0 Å². The molecule has 4 rings (SSSR count). The highest BCUT2D eigenvalue weighted by Gasteiger charge is 2.23. The number of hydrogen-bond acceptors (Lipinski definition) is 6. The van der Waals surface area contributed by atoms with Crippen molar-refractivity contribution in [3.8, 4) is 22.8 Å². The molecule has 2 N–H and O–H groups in total. The molecule has 1 amide bonds. The molecular formula is C24H20ClFN2O5S. The van der Waals surface area contributed by atoms with Crippen molar-refractivity contribution < 1.29 is 26.8 Å². The van der Waals surface area contributed by atoms with Crippen LogP contribution in [0.1, 0.15) is 10.4 Å². The Morgan fingerprint density at radius 1 is 1.06 bits per heavy atom. The standard InChI is InChI=1S/C24H20ClFN2O5S/c1-27-24(29)22-18-11-19(25)20(28-13-34(2,30)31)12-21(18)33-23(22)14-3-7-16(8-4-14)32-17-9-5-15(26)6-10-17/h3-12,28H,13H2,1-2H3,(H,27,29). The van der Waals surface area contributed by atoms with Gasteiger partial charge in [0.15, 0.2) is 9.84 Å². The summed E-state index contributed by atoms with van der Waals surface area (Å²) >= 11 is 6.34. The molecule has 0 bridgehead atoms. The van der Waals surface area contributed by atoms with Gasteiger partial charge in [-0.3, -0.25) is 4.79 Å². The third-order valence-electron chi connectivity index (χ3n) is 4.92. The van der Waals surface area contributed by atoms with Crippen molar-refractivity contribution in [3.05, 3.63) is 77.1 Å². The number of sulfone groups is 1. The Kier molecular flexibility index (Phi) is 6.49. The first-order valence-electron chi connectivity index (χ1n) is 10.1. The van der Waals surface area contributed by atoms with Crippen LogP contribution in [0.5, 0.6) is 11.5 Å². The number of fused-ring (bicyclic) bond motifs is 1. The molecule has 0 spiro atoms. The summed E-state index contributed by atoms with van der Waals surface area (Å²) < 4.78 is 47.8. The van der Waals surface area contributed by atoms with Crippen LogP contribution in [-0.4, -0.2) is 33.5 Å². The van der Waals surface area contributed by atoms with Gasteiger partial charge >= 0.3 is 0 Å². The molecule has 0 aliphatic heterocycles. The molecule has 0 fully saturated rings. The summed E-state index contributed by atoms with van der Waals surface area (Å²) in [7, 11) is -1.77. The van der Waals surface area contributed by atoms with E-state index in [2.05, 4.69) is 10.6 Å². The second-order valence-corrected chi connectivity index (χ2v) is 10.1. The van der Waals surface area contributed by atoms with E-state index in [9.17, 15) is 17.6 Å². The van der Waals surface area contributed by atoms with Crippen molar-refractivity contribution in [2.45, 2.75) is 0 Å². The maximum Gasteiger partial charge on any atom is 0.255 e. The number of rotatable bonds is 7. The molecule has 176 valence electrons. The normalized spacial score (nSPS) is 11.4. The van der Waals surface area contributed by atoms with Crippen LogP contribution in [0.4, 0.5) is 10.1 Å². The van der Waals surface area contributed by atoms with E-state index in [1.165, 1.54) is 31.3 Å². The summed E-state index contributed by atoms with van der Waals surface area (Å²) in [5, 5.41) is 6.10. The van der Waals surface area contributed by atoms with Gasteiger partial charge in [0.25, 0.3) is 5.91 Å². The van der Waals surface area contributed by atoms with E-state index < -0.39 is 9.84 Å². The van der Waals surface area contributed by atoms with E-state index >= 15 is 0 Å². The third kappa shape index (κ3) is 5.16. The van der Waals surface area contributed by atoms with Gasteiger partial charge < -0.3 is 19.8 Å². The van der Waals surface area contributed by atoms with Gasteiger partial charge in [0.05, 0.1) is 16.3 Å². The lowest BCUT2D eigenvalue weighted by molar-refractivity contribution is 0.0964. The third-order valence-corrected chi connectivity index (χ3v) is 5.90. The Morgan fingerprint density at radius 2 is 1.68 bits per heavy atom. The summed E-state index contributed by atoms with van der Waals surface area (Å²) in [4.78, 5) is 12.7. The molecule has 10 heteroatoms. The van der Waals surface area contributed by atoms with Crippen molar-refractivity contribution in [2.75, 3.05) is 24.5 Å². The van der Waals surface area contributed by atoms with E-state index in [4.69, 9.17) is 20.8 Å². The molecule has 0 saturated heterocycles. The molecule has 1 aromatic heterocycles. The first-order chi connectivity index (χ1) is 16.1. The van der Waals surface area contributed by atoms with Crippen molar-refractivity contribution in [1.29, 1.82) is 0 Å². The minimum Gasteiger partial charge on any atom is -0.457 e. The number of carbonyl (C=O) groups excluding carboxylic acids is 1. The SMILES string of the molecule is CNC(=O)c1c(-c2ccc(Oc3ccc(F)cc3)cc2)oc2cc(NCS(C)(=O)=O)c(Cl)cc12. The fraction of sp³-hybridized carbons (Fsp3) is 0.125. The van der Waals surface area contributed by atoms with Crippen molar-refractivity contribution in [3.63, 3.8) is 0 Å². The molecule has 0 unspecified atom stereocenters. The number of benzene rings is 3. The summed E-state index contributed by atoms with van der Waals surface area (Å²) in [5.74, 6) is 0.288. The van der Waals surface area contributed by atoms with E-state index in [-0.39, 0.29) is 22.6 Å². The second-order valence-electron chi connectivity index (χ2n) is 7.54. The summed E-state index contributed by atoms with van der Waals surface area (Å²) in [6.07, 6.45) is 1.10. The predicted octanol–water partition coefficient (Wildman–Crippen LogP) is 5.46. The number of nitrogens with one attached hydrogen (secondary N) is 2. The van der Waals surface area contributed by atoms with Crippen LogP contribution >= 0.6 is 11.6 Å². The van der Waals surface area contributed by atoms with Gasteiger partial charge in [0, 0.05) is 30.3 Å². The lowest BCUT2D eigenvalue weighted by Crippen LogP contribution is -2.18. The predicted molar refractivity (Wildman–Crippen MR) is 130 cm³/mol. The minimum absolute atomic E-state index is 0.247. The average Bonchev–Trinajstić information content (AvgIpc) is 3.16. The van der Waals surface area contributed by atoms with Gasteiger partial charge in [-0.1, -0.05) is 11.6 Å². The van der Waals surface area contributed by atoms with Crippen LogP contribution in [0.25, 0.3) is 22.3 Å². The van der Waals surface area contributed by atoms with Gasteiger partial charge in [-0.15, -0.1) is 0 Å². The molecule has 4 aromatic rings. The van der Waals surface area contributed by atoms with Crippen LogP contribution in [0.15, 0.2) is 65.1 Å². The zero-order valence-corrected chi connectivity index (χ0v) is 19.8. The summed E-state index contributed by atoms with van der Waals surface area (Å²) in [5.41, 5.74) is 1.64. The number of halogens is 2. The molecule has 0 radical (unpaired) electrons. The van der Waals surface area contributed by atoms with Gasteiger partial charge in [-0.25, -0.2) is 12.8 Å². The molecule has 0 aliphatic rings. The highest BCUT2D eigenvalue weighted by atomic mass is 35.5. The Morgan fingerprint density at radius 3 is 2.26 bits per heavy atom. The minimum atomic E-state index is -3.28. The number of carbonyl (C=O) groups is 1. The summed E-state index contributed by atoms with van der Waals surface area (Å²) in [6, 6.07) is 15.6. The Bertz CT molecular complexity index is 1470. The largest absolute Gasteiger partial charge is 0.457 e. The molecular weight excluding hydrogens is 483 g/mol. The maximum atomic E-state index is 13.1. The number of anilines is 1. The molecule has 0 aliphatic carbocycles. The average molecular weight is 503 g/mol. The van der Waals surface area contributed by atoms with Crippen molar-refractivity contribution in [1.82, 2.24) is 5.32 Å². The molecule has 0 atom stereocenters. The van der Waals surface area contributed by atoms with Crippen molar-refractivity contribution in [2.24, 2.45) is 0 Å². The fourth-order valence-corrected chi connectivity index (χ4v) is 3.98. The van der Waals surface area contributed by atoms with E-state index in [1.807, 2.05) is 0 Å². The number of amides is 1. The first kappa shape index (κ1) is 23.6. The van der Waals surface area contributed by atoms with Gasteiger partial charge in [0.2, 0.25) is 0 Å². The molecule has 3 aromatic carbocycles. The van der Waals surface area contributed by atoms with Crippen LogP contribution in [0.3, 0.4) is 0 Å². The molecule has 34 heavy (non-hydrogen) atoms. The van der Waals surface area contributed by atoms with Gasteiger partial charge in [-0.05, 0) is 54.6 Å². The van der Waals surface area contributed by atoms with Crippen LogP contribution in [-0.2, 0) is 9.84 Å². The zero-order chi connectivity index (χ0) is 24.5. The van der Waals surface area contributed by atoms with Crippen LogP contribution < -0.4 is 15.4 Å². The smallest absolute Gasteiger partial charge is 0.255 e. The fourth-order valence-electron chi connectivity index (χ4n) is 3.33.